The van der Waals surface area contributed by atoms with Gasteiger partial charge in [0, 0.05) is 7.11 Å². The van der Waals surface area contributed by atoms with E-state index in [2.05, 4.69) is 0 Å². The van der Waals surface area contributed by atoms with E-state index in [1.54, 1.807) is 14.0 Å². The Bertz CT molecular complexity index is 181. The van der Waals surface area contributed by atoms with Crippen LogP contribution in [0.3, 0.4) is 0 Å². The van der Waals surface area contributed by atoms with Crippen molar-refractivity contribution < 1.29 is 24.1 Å². The zero-order valence-corrected chi connectivity index (χ0v) is 7.67. The van der Waals surface area contributed by atoms with Gasteiger partial charge in [0.15, 0.2) is 6.29 Å². The number of aliphatic hydroxyl groups is 1. The van der Waals surface area contributed by atoms with Gasteiger partial charge in [0.1, 0.15) is 25.1 Å². The molecule has 0 aromatic rings. The molecule has 2 rings (SSSR count). The monoisotopic (exact) mass is 190 g/mol. The summed E-state index contributed by atoms with van der Waals surface area (Å²) in [5.74, 6) is 0. The van der Waals surface area contributed by atoms with E-state index in [-0.39, 0.29) is 25.1 Å². The maximum atomic E-state index is 9.68. The minimum Gasteiger partial charge on any atom is -0.388 e. The van der Waals surface area contributed by atoms with Crippen LogP contribution in [0.25, 0.3) is 0 Å². The number of aliphatic hydroxyl groups excluding tert-OH is 1. The molecule has 1 N–H and O–H groups in total. The molecular weight excluding hydrogens is 176 g/mol. The van der Waals surface area contributed by atoms with E-state index >= 15 is 0 Å². The summed E-state index contributed by atoms with van der Waals surface area (Å²) in [4.78, 5) is 0. The lowest BCUT2D eigenvalue weighted by Gasteiger charge is -2.37. The summed E-state index contributed by atoms with van der Waals surface area (Å²) >= 11 is 0. The van der Waals surface area contributed by atoms with Gasteiger partial charge in [-0.25, -0.2) is 0 Å². The molecular formula is C8H14O5. The first-order valence-electron chi connectivity index (χ1n) is 4.33. The van der Waals surface area contributed by atoms with Crippen LogP contribution in [0.5, 0.6) is 0 Å². The van der Waals surface area contributed by atoms with Crippen molar-refractivity contribution in [3.05, 3.63) is 0 Å². The van der Waals surface area contributed by atoms with Crippen molar-refractivity contribution >= 4 is 0 Å². The summed E-state index contributed by atoms with van der Waals surface area (Å²) in [5, 5.41) is 9.68. The Hall–Kier alpha value is -0.200. The third-order valence-corrected chi connectivity index (χ3v) is 2.51. The van der Waals surface area contributed by atoms with Crippen molar-refractivity contribution in [3.63, 3.8) is 0 Å². The molecule has 76 valence electrons. The summed E-state index contributed by atoms with van der Waals surface area (Å²) in [5.41, 5.74) is 0. The second-order valence-electron chi connectivity index (χ2n) is 3.32. The van der Waals surface area contributed by atoms with Crippen LogP contribution in [0.15, 0.2) is 0 Å². The highest BCUT2D eigenvalue weighted by atomic mass is 16.8. The van der Waals surface area contributed by atoms with Crippen LogP contribution in [0.4, 0.5) is 0 Å². The molecule has 2 fully saturated rings. The molecule has 5 heteroatoms. The molecule has 2 saturated heterocycles. The molecule has 5 atom stereocenters. The van der Waals surface area contributed by atoms with E-state index < -0.39 is 12.4 Å². The molecule has 0 bridgehead atoms. The second-order valence-corrected chi connectivity index (χ2v) is 3.32. The first kappa shape index (κ1) is 9.36. The van der Waals surface area contributed by atoms with Crippen LogP contribution in [-0.2, 0) is 18.9 Å². The summed E-state index contributed by atoms with van der Waals surface area (Å²) in [7, 11) is 1.55. The fourth-order valence-corrected chi connectivity index (χ4v) is 1.74. The predicted molar refractivity (Wildman–Crippen MR) is 42.0 cm³/mol. The van der Waals surface area contributed by atoms with Crippen molar-refractivity contribution in [1.82, 2.24) is 0 Å². The predicted octanol–water partition coefficient (Wildman–Crippen LogP) is -0.520. The lowest BCUT2D eigenvalue weighted by atomic mass is 10.0. The Balaban J connectivity index is 2.11. The first-order chi connectivity index (χ1) is 6.24. The van der Waals surface area contributed by atoms with E-state index in [4.69, 9.17) is 18.9 Å². The normalized spacial score (nSPS) is 50.5. The fourth-order valence-electron chi connectivity index (χ4n) is 1.74. The molecule has 0 amide bonds. The van der Waals surface area contributed by atoms with E-state index in [1.165, 1.54) is 0 Å². The molecule has 2 heterocycles. The number of hydrogen-bond acceptors (Lipinski definition) is 5. The summed E-state index contributed by atoms with van der Waals surface area (Å²) in [6.07, 6.45) is -2.00. The minimum atomic E-state index is -0.640. The molecule has 5 nitrogen and oxygen atoms in total. The third kappa shape index (κ3) is 1.47. The first-order valence-corrected chi connectivity index (χ1v) is 4.33. The van der Waals surface area contributed by atoms with Gasteiger partial charge in [-0.05, 0) is 6.92 Å². The lowest BCUT2D eigenvalue weighted by Crippen LogP contribution is -2.55. The molecule has 0 saturated carbocycles. The molecule has 0 radical (unpaired) electrons. The van der Waals surface area contributed by atoms with Gasteiger partial charge in [-0.15, -0.1) is 0 Å². The molecule has 0 aromatic carbocycles. The van der Waals surface area contributed by atoms with Crippen molar-refractivity contribution in [1.29, 1.82) is 0 Å². The van der Waals surface area contributed by atoms with Crippen LogP contribution < -0.4 is 0 Å². The van der Waals surface area contributed by atoms with Gasteiger partial charge in [0.05, 0.1) is 6.10 Å². The Kier molecular flexibility index (Phi) is 2.53. The molecule has 0 spiro atoms. The van der Waals surface area contributed by atoms with Gasteiger partial charge >= 0.3 is 0 Å². The maximum absolute atomic E-state index is 9.68. The highest BCUT2D eigenvalue weighted by Crippen LogP contribution is 2.29. The number of ether oxygens (including phenoxy) is 4. The topological polar surface area (TPSA) is 57.2 Å². The third-order valence-electron chi connectivity index (χ3n) is 2.51. The van der Waals surface area contributed by atoms with E-state index in [9.17, 15) is 5.11 Å². The number of hydrogen-bond donors (Lipinski definition) is 1. The molecule has 2 aliphatic heterocycles. The van der Waals surface area contributed by atoms with E-state index in [0.717, 1.165) is 0 Å². The van der Waals surface area contributed by atoms with Gasteiger partial charge in [-0.3, -0.25) is 0 Å². The highest BCUT2D eigenvalue weighted by Gasteiger charge is 2.48. The molecule has 13 heavy (non-hydrogen) atoms. The molecule has 0 aliphatic carbocycles. The average molecular weight is 190 g/mol. The quantitative estimate of drug-likeness (QED) is 0.603. The summed E-state index contributed by atoms with van der Waals surface area (Å²) < 4.78 is 21.0. The standard InChI is InChI=1S/C8H14O5/c1-4-5(9)6-7(12-3-11-6)8(10-2)13-4/h4-9H,3H2,1-2H3/t4-,5-,6+,7+,8+/m1/s1. The minimum absolute atomic E-state index is 0.197. The van der Waals surface area contributed by atoms with Crippen LogP contribution in [0.2, 0.25) is 0 Å². The van der Waals surface area contributed by atoms with Gasteiger partial charge < -0.3 is 24.1 Å². The molecule has 0 aromatic heterocycles. The van der Waals surface area contributed by atoms with Crippen LogP contribution in [0, 0.1) is 0 Å². The van der Waals surface area contributed by atoms with Crippen LogP contribution in [-0.4, -0.2) is 49.7 Å². The zero-order chi connectivity index (χ0) is 9.42. The van der Waals surface area contributed by atoms with Gasteiger partial charge in [0.25, 0.3) is 0 Å². The fraction of sp³-hybridized carbons (Fsp3) is 1.00. The average Bonchev–Trinajstić information content (AvgIpc) is 2.60. The SMILES string of the molecule is CO[C@H]1O[C@H](C)[C@@H](O)[C@@H]2OCO[C@H]12. The largest absolute Gasteiger partial charge is 0.388 e. The number of fused-ring (bicyclic) bond motifs is 1. The Morgan fingerprint density at radius 3 is 2.69 bits per heavy atom. The maximum Gasteiger partial charge on any atom is 0.186 e. The lowest BCUT2D eigenvalue weighted by molar-refractivity contribution is -0.261. The zero-order valence-electron chi connectivity index (χ0n) is 7.67. The Labute approximate surface area is 76.5 Å². The second kappa shape index (κ2) is 3.51. The molecule has 2 aliphatic rings. The van der Waals surface area contributed by atoms with E-state index in [0.29, 0.717) is 0 Å². The van der Waals surface area contributed by atoms with Crippen LogP contribution >= 0.6 is 0 Å². The summed E-state index contributed by atoms with van der Waals surface area (Å²) in [6, 6.07) is 0. The smallest absolute Gasteiger partial charge is 0.186 e. The van der Waals surface area contributed by atoms with Crippen molar-refractivity contribution in [2.45, 2.75) is 37.6 Å². The number of methoxy groups -OCH3 is 1. The van der Waals surface area contributed by atoms with Gasteiger partial charge in [-0.1, -0.05) is 0 Å². The van der Waals surface area contributed by atoms with Gasteiger partial charge in [-0.2, -0.15) is 0 Å². The van der Waals surface area contributed by atoms with Crippen molar-refractivity contribution in [2.24, 2.45) is 0 Å². The van der Waals surface area contributed by atoms with E-state index in [1.807, 2.05) is 0 Å². The molecule has 0 unspecified atom stereocenters. The Morgan fingerprint density at radius 2 is 2.00 bits per heavy atom. The van der Waals surface area contributed by atoms with Gasteiger partial charge in [0.2, 0.25) is 0 Å². The highest BCUT2D eigenvalue weighted by molar-refractivity contribution is 4.91. The van der Waals surface area contributed by atoms with Crippen molar-refractivity contribution in [2.75, 3.05) is 13.9 Å². The Morgan fingerprint density at radius 1 is 1.31 bits per heavy atom. The van der Waals surface area contributed by atoms with Crippen LogP contribution in [0.1, 0.15) is 6.92 Å². The summed E-state index contributed by atoms with van der Waals surface area (Å²) in [6.45, 7) is 1.98. The number of rotatable bonds is 1. The van der Waals surface area contributed by atoms with Crippen molar-refractivity contribution in [3.8, 4) is 0 Å².